The maximum absolute atomic E-state index is 5.81. The Morgan fingerprint density at radius 1 is 1.38 bits per heavy atom. The summed E-state index contributed by atoms with van der Waals surface area (Å²) in [4.78, 5) is 0. The number of H-pyrrole nitrogens is 1. The summed E-state index contributed by atoms with van der Waals surface area (Å²) in [5.74, 6) is 1.30. The third-order valence-electron chi connectivity index (χ3n) is 2.35. The minimum atomic E-state index is 0.538. The van der Waals surface area contributed by atoms with Gasteiger partial charge in [0.1, 0.15) is 11.6 Å². The molecule has 0 aliphatic rings. The Bertz CT molecular complexity index is 522. The summed E-state index contributed by atoms with van der Waals surface area (Å²) in [6.45, 7) is 2.02. The van der Waals surface area contributed by atoms with Crippen molar-refractivity contribution in [1.29, 1.82) is 0 Å². The number of aromatic amines is 1. The molecule has 16 heavy (non-hydrogen) atoms. The Labute approximate surface area is 102 Å². The molecular weight excluding hydrogens is 270 g/mol. The van der Waals surface area contributed by atoms with E-state index in [9.17, 15) is 0 Å². The van der Waals surface area contributed by atoms with Crippen molar-refractivity contribution in [3.8, 4) is 16.9 Å². The molecule has 0 spiro atoms. The van der Waals surface area contributed by atoms with Gasteiger partial charge in [0.15, 0.2) is 0 Å². The molecule has 5 heteroatoms. The van der Waals surface area contributed by atoms with Gasteiger partial charge in [-0.3, -0.25) is 5.10 Å². The van der Waals surface area contributed by atoms with E-state index in [2.05, 4.69) is 26.1 Å². The van der Waals surface area contributed by atoms with Crippen LogP contribution in [0.2, 0.25) is 0 Å². The van der Waals surface area contributed by atoms with E-state index in [1.807, 2.05) is 19.1 Å². The molecule has 84 valence electrons. The van der Waals surface area contributed by atoms with Gasteiger partial charge in [0.25, 0.3) is 0 Å². The number of rotatable bonds is 2. The number of hydrogen-bond acceptors (Lipinski definition) is 3. The minimum Gasteiger partial charge on any atom is -0.495 e. The van der Waals surface area contributed by atoms with Crippen molar-refractivity contribution in [2.75, 3.05) is 12.8 Å². The third kappa shape index (κ3) is 1.78. The normalized spacial score (nSPS) is 10.4. The van der Waals surface area contributed by atoms with Crippen LogP contribution in [0.5, 0.6) is 5.75 Å². The monoisotopic (exact) mass is 281 g/mol. The maximum atomic E-state index is 5.81. The number of nitrogens with two attached hydrogens (primary N) is 1. The zero-order valence-electron chi connectivity index (χ0n) is 9.04. The molecule has 0 atom stereocenters. The van der Waals surface area contributed by atoms with Gasteiger partial charge in [-0.1, -0.05) is 0 Å². The number of methoxy groups -OCH3 is 1. The molecule has 0 saturated carbocycles. The smallest absolute Gasteiger partial charge is 0.141 e. The van der Waals surface area contributed by atoms with Crippen LogP contribution >= 0.6 is 15.9 Å². The number of aryl methyl sites for hydroxylation is 1. The van der Waals surface area contributed by atoms with Crippen LogP contribution in [0.3, 0.4) is 0 Å². The van der Waals surface area contributed by atoms with Crippen molar-refractivity contribution in [2.45, 2.75) is 6.92 Å². The number of benzene rings is 1. The summed E-state index contributed by atoms with van der Waals surface area (Å²) in [5.41, 5.74) is 8.71. The van der Waals surface area contributed by atoms with Gasteiger partial charge < -0.3 is 10.5 Å². The van der Waals surface area contributed by atoms with Crippen molar-refractivity contribution in [3.05, 3.63) is 28.4 Å². The first kappa shape index (κ1) is 11.0. The highest BCUT2D eigenvalue weighted by Gasteiger charge is 2.14. The van der Waals surface area contributed by atoms with Gasteiger partial charge >= 0.3 is 0 Å². The second-order valence-corrected chi connectivity index (χ2v) is 4.38. The fraction of sp³-hybridized carbons (Fsp3) is 0.182. The lowest BCUT2D eigenvalue weighted by atomic mass is 10.0. The Morgan fingerprint density at radius 3 is 2.69 bits per heavy atom. The summed E-state index contributed by atoms with van der Waals surface area (Å²) < 4.78 is 6.27. The van der Waals surface area contributed by atoms with Crippen molar-refractivity contribution >= 4 is 21.7 Å². The molecule has 2 aromatic rings. The van der Waals surface area contributed by atoms with Crippen LogP contribution in [0.15, 0.2) is 22.8 Å². The van der Waals surface area contributed by atoms with Crippen molar-refractivity contribution in [1.82, 2.24) is 10.2 Å². The molecule has 0 fully saturated rings. The molecule has 1 aromatic carbocycles. The standard InChI is InChI=1S/C11H12BrN3O/c1-6-3-7(8-5-14-15-11(8)13)10(16-2)9(12)4-6/h3-5H,1-2H3,(H3,13,14,15). The average Bonchev–Trinajstić information content (AvgIpc) is 2.63. The number of nitrogens with zero attached hydrogens (tertiary/aromatic N) is 1. The Hall–Kier alpha value is -1.49. The fourth-order valence-corrected chi connectivity index (χ4v) is 2.38. The van der Waals surface area contributed by atoms with E-state index in [4.69, 9.17) is 10.5 Å². The number of nitrogens with one attached hydrogen (secondary N) is 1. The summed E-state index contributed by atoms with van der Waals surface area (Å²) in [7, 11) is 1.63. The molecule has 1 heterocycles. The fourth-order valence-electron chi connectivity index (χ4n) is 1.65. The van der Waals surface area contributed by atoms with Gasteiger partial charge in [-0.05, 0) is 40.5 Å². The number of nitrogen functional groups attached to an aromatic ring is 1. The van der Waals surface area contributed by atoms with Crippen LogP contribution in [0.4, 0.5) is 5.82 Å². The first-order chi connectivity index (χ1) is 7.63. The van der Waals surface area contributed by atoms with E-state index in [1.54, 1.807) is 13.3 Å². The quantitative estimate of drug-likeness (QED) is 0.890. The van der Waals surface area contributed by atoms with Crippen LogP contribution < -0.4 is 10.5 Å². The van der Waals surface area contributed by atoms with Gasteiger partial charge in [0, 0.05) is 11.1 Å². The highest BCUT2D eigenvalue weighted by atomic mass is 79.9. The van der Waals surface area contributed by atoms with Crippen LogP contribution in [0.1, 0.15) is 5.56 Å². The van der Waals surface area contributed by atoms with E-state index < -0.39 is 0 Å². The molecule has 2 rings (SSSR count). The zero-order chi connectivity index (χ0) is 11.7. The van der Waals surface area contributed by atoms with E-state index in [0.717, 1.165) is 26.9 Å². The van der Waals surface area contributed by atoms with Crippen molar-refractivity contribution < 1.29 is 4.74 Å². The van der Waals surface area contributed by atoms with Crippen LogP contribution in [-0.4, -0.2) is 17.3 Å². The highest BCUT2D eigenvalue weighted by Crippen LogP contribution is 2.38. The first-order valence-corrected chi connectivity index (χ1v) is 5.56. The van der Waals surface area contributed by atoms with Crippen LogP contribution in [0, 0.1) is 6.92 Å². The topological polar surface area (TPSA) is 63.9 Å². The molecule has 0 radical (unpaired) electrons. The van der Waals surface area contributed by atoms with Gasteiger partial charge in [0.2, 0.25) is 0 Å². The summed E-state index contributed by atoms with van der Waals surface area (Å²) in [6, 6.07) is 4.02. The number of anilines is 1. The molecular formula is C11H12BrN3O. The second-order valence-electron chi connectivity index (χ2n) is 3.52. The van der Waals surface area contributed by atoms with E-state index in [0.29, 0.717) is 5.82 Å². The number of halogens is 1. The van der Waals surface area contributed by atoms with Crippen molar-refractivity contribution in [2.24, 2.45) is 0 Å². The molecule has 0 aliphatic heterocycles. The predicted molar refractivity (Wildman–Crippen MR) is 67.4 cm³/mol. The van der Waals surface area contributed by atoms with Gasteiger partial charge in [0.05, 0.1) is 17.8 Å². The molecule has 0 aliphatic carbocycles. The number of hydrogen-bond donors (Lipinski definition) is 2. The van der Waals surface area contributed by atoms with Gasteiger partial charge in [-0.2, -0.15) is 5.10 Å². The second kappa shape index (κ2) is 4.17. The van der Waals surface area contributed by atoms with Crippen molar-refractivity contribution in [3.63, 3.8) is 0 Å². The Balaban J connectivity index is 2.68. The highest BCUT2D eigenvalue weighted by molar-refractivity contribution is 9.10. The lowest BCUT2D eigenvalue weighted by molar-refractivity contribution is 0.413. The average molecular weight is 282 g/mol. The maximum Gasteiger partial charge on any atom is 0.141 e. The summed E-state index contributed by atoms with van der Waals surface area (Å²) in [5, 5.41) is 6.63. The molecule has 0 saturated heterocycles. The van der Waals surface area contributed by atoms with Gasteiger partial charge in [-0.25, -0.2) is 0 Å². The van der Waals surface area contributed by atoms with Crippen LogP contribution in [-0.2, 0) is 0 Å². The molecule has 0 amide bonds. The number of ether oxygens (including phenoxy) is 1. The van der Waals surface area contributed by atoms with Gasteiger partial charge in [-0.15, -0.1) is 0 Å². The zero-order valence-corrected chi connectivity index (χ0v) is 10.6. The predicted octanol–water partition coefficient (Wildman–Crippen LogP) is 2.74. The third-order valence-corrected chi connectivity index (χ3v) is 2.94. The minimum absolute atomic E-state index is 0.538. The lowest BCUT2D eigenvalue weighted by Crippen LogP contribution is -1.93. The van der Waals surface area contributed by atoms with E-state index in [-0.39, 0.29) is 0 Å². The van der Waals surface area contributed by atoms with Crippen LogP contribution in [0.25, 0.3) is 11.1 Å². The Kier molecular flexibility index (Phi) is 2.87. The first-order valence-electron chi connectivity index (χ1n) is 4.77. The molecule has 1 aromatic heterocycles. The SMILES string of the molecule is COc1c(Br)cc(C)cc1-c1cn[nH]c1N. The summed E-state index contributed by atoms with van der Waals surface area (Å²) >= 11 is 3.47. The lowest BCUT2D eigenvalue weighted by Gasteiger charge is -2.11. The summed E-state index contributed by atoms with van der Waals surface area (Å²) in [6.07, 6.45) is 1.69. The van der Waals surface area contributed by atoms with E-state index >= 15 is 0 Å². The molecule has 0 unspecified atom stereocenters. The molecule has 0 bridgehead atoms. The Morgan fingerprint density at radius 2 is 2.12 bits per heavy atom. The van der Waals surface area contributed by atoms with E-state index in [1.165, 1.54) is 0 Å². The number of aromatic nitrogens is 2. The largest absolute Gasteiger partial charge is 0.495 e. The molecule has 4 nitrogen and oxygen atoms in total. The molecule has 3 N–H and O–H groups in total.